The highest BCUT2D eigenvalue weighted by Crippen LogP contribution is 2.41. The summed E-state index contributed by atoms with van der Waals surface area (Å²) in [5.41, 5.74) is 13.8. The lowest BCUT2D eigenvalue weighted by molar-refractivity contribution is 0.0253. The molecule has 6 aromatic carbocycles. The molecule has 5 aromatic heterocycles. The van der Waals surface area contributed by atoms with E-state index in [1.54, 1.807) is 143 Å². The molecule has 33 heteroatoms. The second-order valence-corrected chi connectivity index (χ2v) is 34.0. The Morgan fingerprint density at radius 2 is 0.966 bits per heavy atom. The van der Waals surface area contributed by atoms with Gasteiger partial charge in [-0.3, -0.25) is 34.7 Å². The van der Waals surface area contributed by atoms with Crippen LogP contribution in [0.5, 0.6) is 5.75 Å². The minimum atomic E-state index is -3.67. The van der Waals surface area contributed by atoms with Gasteiger partial charge in [0.2, 0.25) is 10.0 Å². The number of aliphatic hydroxyl groups is 1. The van der Waals surface area contributed by atoms with E-state index in [4.69, 9.17) is 89.3 Å². The van der Waals surface area contributed by atoms with Gasteiger partial charge < -0.3 is 30.5 Å². The fraction of sp³-hybridized carbons (Fsp3) is 0.244. The lowest BCUT2D eigenvalue weighted by Gasteiger charge is -2.32. The van der Waals surface area contributed by atoms with Gasteiger partial charge in [0.1, 0.15) is 23.0 Å². The van der Waals surface area contributed by atoms with Gasteiger partial charge in [-0.25, -0.2) is 41.0 Å². The van der Waals surface area contributed by atoms with E-state index in [0.29, 0.717) is 131 Å². The topological polar surface area (TPSA) is 278 Å². The van der Waals surface area contributed by atoms with E-state index in [0.717, 1.165) is 45.5 Å². The van der Waals surface area contributed by atoms with Crippen LogP contribution in [-0.2, 0) is 34.4 Å². The number of aliphatic hydroxyl groups excluding tert-OH is 1. The van der Waals surface area contributed by atoms with Crippen LogP contribution >= 0.6 is 69.6 Å². The number of aromatic nitrogens is 8. The van der Waals surface area contributed by atoms with E-state index in [-0.39, 0.29) is 67.1 Å². The highest BCUT2D eigenvalue weighted by molar-refractivity contribution is 7.88. The highest BCUT2D eigenvalue weighted by atomic mass is 35.5. The average molecular weight is 1750 g/mol. The maximum Gasteiger partial charge on any atom is 0.410 e. The summed E-state index contributed by atoms with van der Waals surface area (Å²) < 4.78 is 69.7. The van der Waals surface area contributed by atoms with E-state index in [1.807, 2.05) is 88.4 Å². The van der Waals surface area contributed by atoms with Crippen molar-refractivity contribution in [2.75, 3.05) is 46.1 Å². The molecule has 0 aliphatic carbocycles. The first-order valence-corrected chi connectivity index (χ1v) is 41.8. The molecule has 4 aliphatic rings. The Balaban J connectivity index is 0.000000155. The zero-order valence-corrected chi connectivity index (χ0v) is 70.7. The lowest BCUT2D eigenvalue weighted by Crippen LogP contribution is -2.48. The normalized spacial score (nSPS) is 15.9. The molecule has 5 N–H and O–H groups in total. The number of methoxy groups -OCH3 is 1. The average Bonchev–Trinajstić information content (AvgIpc) is 1.60. The quantitative estimate of drug-likeness (QED) is 0.0601. The van der Waals surface area contributed by atoms with E-state index < -0.39 is 45.4 Å². The number of hydrazine groups is 1. The number of piperidine rings is 1. The van der Waals surface area contributed by atoms with Crippen LogP contribution in [0.4, 0.5) is 13.6 Å². The molecule has 11 aromatic rings. The molecule has 0 spiro atoms. The Bertz CT molecular complexity index is 5840. The SMILES string of the molecule is COc1ccc(/C=C2\CN(C(=O)OC(C)(C)C)Cc3c(C(=O)NN4CCC(O)CC4)nn(-c4ccc(Cl)cc4Cl)c32)cc1.C[C@@H](NC(=O)c1nn(-c2ccc(Cl)cc2Cl)c2c1CN(S(C)(=O)=O)C/C2=C\c1ccc(F)cc1)c1ccccn1.C[C@@H](NC(=O)c1nn(-c2ccc(Cl)cc2Cl)c2c1CNC/C2=C\c1ccc(F)cc1)c1ccccn1. The van der Waals surface area contributed by atoms with Crippen LogP contribution in [0.3, 0.4) is 0 Å². The van der Waals surface area contributed by atoms with E-state index in [2.05, 4.69) is 36.4 Å². The van der Waals surface area contributed by atoms with Crippen molar-refractivity contribution in [3.05, 3.63) is 297 Å². The first-order chi connectivity index (χ1) is 56.8. The summed E-state index contributed by atoms with van der Waals surface area (Å²) in [6, 6.07) is 44.8. The summed E-state index contributed by atoms with van der Waals surface area (Å²) in [6.45, 7) is 11.3. The fourth-order valence-electron chi connectivity index (χ4n) is 13.8. The van der Waals surface area contributed by atoms with Crippen molar-refractivity contribution in [3.8, 4) is 22.8 Å². The number of ether oxygens (including phenoxy) is 2. The Hall–Kier alpha value is -10.7. The number of halogens is 8. The highest BCUT2D eigenvalue weighted by Gasteiger charge is 2.39. The van der Waals surface area contributed by atoms with Gasteiger partial charge in [0, 0.05) is 83.4 Å². The molecule has 9 heterocycles. The van der Waals surface area contributed by atoms with Crippen LogP contribution in [-0.4, -0.2) is 149 Å². The molecule has 1 saturated heterocycles. The number of carbonyl (C=O) groups is 4. The molecular weight excluding hydrogens is 1670 g/mol. The molecule has 616 valence electrons. The van der Waals surface area contributed by atoms with Crippen LogP contribution in [0, 0.1) is 11.6 Å². The number of carbonyl (C=O) groups excluding carboxylic acids is 4. The first-order valence-electron chi connectivity index (χ1n) is 37.6. The van der Waals surface area contributed by atoms with Gasteiger partial charge in [0.15, 0.2) is 17.1 Å². The van der Waals surface area contributed by atoms with E-state index in [9.17, 15) is 41.5 Å². The third-order valence-corrected chi connectivity index (χ3v) is 22.4. The molecule has 119 heavy (non-hydrogen) atoms. The summed E-state index contributed by atoms with van der Waals surface area (Å²) in [7, 11) is -2.06. The second-order valence-electron chi connectivity index (χ2n) is 29.5. The van der Waals surface area contributed by atoms with Crippen molar-refractivity contribution in [3.63, 3.8) is 0 Å². The van der Waals surface area contributed by atoms with Gasteiger partial charge in [-0.1, -0.05) is 118 Å². The zero-order chi connectivity index (χ0) is 84.7. The van der Waals surface area contributed by atoms with Gasteiger partial charge in [-0.15, -0.1) is 0 Å². The summed E-state index contributed by atoms with van der Waals surface area (Å²) in [5, 5.41) is 37.5. The second kappa shape index (κ2) is 37.3. The summed E-state index contributed by atoms with van der Waals surface area (Å²) >= 11 is 38.3. The molecule has 4 amide bonds. The molecule has 0 unspecified atom stereocenters. The Morgan fingerprint density at radius 1 is 0.546 bits per heavy atom. The van der Waals surface area contributed by atoms with Crippen LogP contribution < -0.4 is 26.1 Å². The Kier molecular flexibility index (Phi) is 27.0. The largest absolute Gasteiger partial charge is 0.497 e. The molecule has 1 fully saturated rings. The third-order valence-electron chi connectivity index (χ3n) is 19.6. The molecule has 0 radical (unpaired) electrons. The number of rotatable bonds is 16. The molecule has 0 bridgehead atoms. The summed E-state index contributed by atoms with van der Waals surface area (Å²) in [6.07, 6.45) is 10.3. The lowest BCUT2D eigenvalue weighted by atomic mass is 9.97. The summed E-state index contributed by atoms with van der Waals surface area (Å²) in [4.78, 5) is 64.4. The van der Waals surface area contributed by atoms with Crippen molar-refractivity contribution in [2.24, 2.45) is 0 Å². The van der Waals surface area contributed by atoms with E-state index >= 15 is 0 Å². The van der Waals surface area contributed by atoms with Crippen LogP contribution in [0.2, 0.25) is 30.1 Å². The molecule has 2 atom stereocenters. The van der Waals surface area contributed by atoms with Crippen molar-refractivity contribution in [1.82, 2.24) is 74.9 Å². The molecule has 4 aliphatic heterocycles. The number of amides is 4. The smallest absolute Gasteiger partial charge is 0.410 e. The van der Waals surface area contributed by atoms with Crippen molar-refractivity contribution < 1.29 is 51.0 Å². The van der Waals surface area contributed by atoms with Gasteiger partial charge in [-0.2, -0.15) is 19.6 Å². The maximum absolute atomic E-state index is 13.8. The monoisotopic (exact) mass is 1750 g/mol. The molecule has 24 nitrogen and oxygen atoms in total. The first kappa shape index (κ1) is 86.2. The van der Waals surface area contributed by atoms with Crippen LogP contribution in [0.1, 0.15) is 153 Å². The Labute approximate surface area is 716 Å². The van der Waals surface area contributed by atoms with Crippen LogP contribution in [0.15, 0.2) is 176 Å². The summed E-state index contributed by atoms with van der Waals surface area (Å²) in [5.74, 6) is -1.25. The minimum absolute atomic E-state index is 0.00547. The zero-order valence-electron chi connectivity index (χ0n) is 65.3. The number of sulfonamides is 1. The number of benzene rings is 6. The number of nitrogens with one attached hydrogen (secondary N) is 4. The van der Waals surface area contributed by atoms with Gasteiger partial charge in [0.05, 0.1) is 105 Å². The van der Waals surface area contributed by atoms with Crippen LogP contribution in [0.25, 0.3) is 52.0 Å². The number of pyridine rings is 2. The van der Waals surface area contributed by atoms with Crippen molar-refractivity contribution in [1.29, 1.82) is 0 Å². The number of hydrogen-bond acceptors (Lipinski definition) is 16. The number of fused-ring (bicyclic) bond motifs is 3. The van der Waals surface area contributed by atoms with Gasteiger partial charge >= 0.3 is 6.09 Å². The van der Waals surface area contributed by atoms with Crippen molar-refractivity contribution >= 4 is 138 Å². The molecule has 0 saturated carbocycles. The number of nitrogens with zero attached hydrogens (tertiary/aromatic N) is 11. The van der Waals surface area contributed by atoms with Gasteiger partial charge in [-0.05, 0) is 214 Å². The third kappa shape index (κ3) is 20.8. The standard InChI is InChI=1S/C31H35Cl2N5O5.C28H24Cl2FN5O3S.C27H22Cl2FN5O/c1-31(2,3)43-30(41)36-17-20(15-19-5-8-23(42-4)9-6-19)28-24(18-36)27(29(40)35-37-13-11-22(39)12-14-37)34-38(28)26-10-7-21(32)16-25(26)33;1-17(24-5-3-4-12-32-24)33-28(37)26-22-16-35(40(2,38)39)15-19(13-18-6-9-21(31)10-7-18)27(22)36(34-26)25-11-8-20(29)14-23(25)30;1-16(23-4-2-3-11-32-23)33-27(36)25-21-15-31-14-18(12-17-5-8-20(30)9-6-17)26(21)35(34-25)24-10-7-19(28)13-22(24)29/h5-10,15-16,22,39H,11-14,17-18H2,1-4H3,(H,35,40);3-14,17H,15-16H2,1-2H3,(H,33,37);2-13,16,31H,14-15H2,1H3,(H,33,36)/b20-15+;19-13+;18-12+/t;17-;16-/m.11/s1. The van der Waals surface area contributed by atoms with Crippen molar-refractivity contribution in [2.45, 2.75) is 90.9 Å². The Morgan fingerprint density at radius 3 is 1.39 bits per heavy atom. The predicted molar refractivity (Wildman–Crippen MR) is 458 cm³/mol. The maximum atomic E-state index is 13.8. The van der Waals surface area contributed by atoms with Gasteiger partial charge in [0.25, 0.3) is 17.7 Å². The fourth-order valence-corrected chi connectivity index (χ4v) is 16.0. The molecule has 15 rings (SSSR count). The molecular formula is C86H81Cl6F2N15O9S. The van der Waals surface area contributed by atoms with E-state index in [1.165, 1.54) is 33.3 Å². The number of hydrogen-bond donors (Lipinski definition) is 5. The predicted octanol–water partition coefficient (Wildman–Crippen LogP) is 16.9. The minimum Gasteiger partial charge on any atom is -0.497 e.